The highest BCUT2D eigenvalue weighted by Crippen LogP contribution is 2.40. The molecule has 0 spiro atoms. The first-order chi connectivity index (χ1) is 12.2. The molecular formula is C18H22ClN5O. The third-order valence-electron chi connectivity index (χ3n) is 5.14. The number of carbonyl (C=O) groups excluding carboxylic acids is 1. The van der Waals surface area contributed by atoms with Crippen LogP contribution in [-0.2, 0) is 0 Å². The molecule has 132 valence electrons. The van der Waals surface area contributed by atoms with Gasteiger partial charge < -0.3 is 11.1 Å². The summed E-state index contributed by atoms with van der Waals surface area (Å²) in [5.74, 6) is 1.51. The number of hydrogen-bond acceptors (Lipinski definition) is 4. The molecule has 0 radical (unpaired) electrons. The Morgan fingerprint density at radius 3 is 2.80 bits per heavy atom. The van der Waals surface area contributed by atoms with Crippen LogP contribution in [0.15, 0.2) is 24.3 Å². The van der Waals surface area contributed by atoms with Gasteiger partial charge in [-0.15, -0.1) is 5.10 Å². The number of nitrogens with one attached hydrogen (secondary N) is 1. The molecule has 2 fully saturated rings. The molecule has 6 nitrogen and oxygen atoms in total. The first-order valence-electron chi connectivity index (χ1n) is 8.90. The van der Waals surface area contributed by atoms with E-state index in [0.717, 1.165) is 43.6 Å². The van der Waals surface area contributed by atoms with Gasteiger partial charge in [0.05, 0.1) is 10.7 Å². The van der Waals surface area contributed by atoms with Crippen LogP contribution in [0.25, 0.3) is 5.69 Å². The second-order valence-corrected chi connectivity index (χ2v) is 7.34. The fraction of sp³-hybridized carbons (Fsp3) is 0.500. The number of nitrogens with zero attached hydrogens (tertiary/aromatic N) is 3. The summed E-state index contributed by atoms with van der Waals surface area (Å²) in [5.41, 5.74) is 6.57. The summed E-state index contributed by atoms with van der Waals surface area (Å²) in [6, 6.07) is 7.61. The maximum Gasteiger partial charge on any atom is 0.291 e. The topological polar surface area (TPSA) is 85.8 Å². The number of nitrogens with two attached hydrogens (primary N) is 1. The number of carbonyl (C=O) groups is 1. The summed E-state index contributed by atoms with van der Waals surface area (Å²) in [5, 5.41) is 8.14. The Morgan fingerprint density at radius 2 is 2.08 bits per heavy atom. The fourth-order valence-electron chi connectivity index (χ4n) is 3.57. The smallest absolute Gasteiger partial charge is 0.291 e. The van der Waals surface area contributed by atoms with Gasteiger partial charge in [-0.05, 0) is 50.3 Å². The lowest BCUT2D eigenvalue weighted by Crippen LogP contribution is -2.40. The quantitative estimate of drug-likeness (QED) is 0.859. The lowest BCUT2D eigenvalue weighted by molar-refractivity contribution is 0.0918. The third kappa shape index (κ3) is 3.28. The van der Waals surface area contributed by atoms with E-state index >= 15 is 0 Å². The van der Waals surface area contributed by atoms with E-state index in [1.807, 2.05) is 24.3 Å². The number of para-hydroxylation sites is 1. The number of benzene rings is 1. The van der Waals surface area contributed by atoms with Crippen molar-refractivity contribution in [3.8, 4) is 5.69 Å². The summed E-state index contributed by atoms with van der Waals surface area (Å²) >= 11 is 6.32. The van der Waals surface area contributed by atoms with E-state index in [2.05, 4.69) is 15.4 Å². The molecule has 2 aromatic rings. The number of hydrogen-bond donors (Lipinski definition) is 2. The van der Waals surface area contributed by atoms with Gasteiger partial charge >= 0.3 is 0 Å². The second kappa shape index (κ2) is 6.77. The average molecular weight is 360 g/mol. The Hall–Kier alpha value is -1.92. The van der Waals surface area contributed by atoms with Crippen LogP contribution in [0.4, 0.5) is 0 Å². The molecule has 1 amide bonds. The Kier molecular flexibility index (Phi) is 4.48. The maximum absolute atomic E-state index is 12.7. The molecule has 4 rings (SSSR count). The van der Waals surface area contributed by atoms with Crippen molar-refractivity contribution in [2.75, 3.05) is 6.54 Å². The van der Waals surface area contributed by atoms with Crippen molar-refractivity contribution in [1.82, 2.24) is 20.1 Å². The zero-order valence-electron chi connectivity index (χ0n) is 14.0. The van der Waals surface area contributed by atoms with Gasteiger partial charge in [-0.1, -0.05) is 30.2 Å². The lowest BCUT2D eigenvalue weighted by atomic mass is 10.0. The fourth-order valence-corrected chi connectivity index (χ4v) is 3.78. The van der Waals surface area contributed by atoms with E-state index in [9.17, 15) is 4.79 Å². The number of rotatable bonds is 5. The van der Waals surface area contributed by atoms with Crippen molar-refractivity contribution in [1.29, 1.82) is 0 Å². The van der Waals surface area contributed by atoms with Crippen LogP contribution < -0.4 is 11.1 Å². The lowest BCUT2D eigenvalue weighted by Gasteiger charge is -2.18. The number of aromatic nitrogens is 3. The second-order valence-electron chi connectivity index (χ2n) is 6.94. The average Bonchev–Trinajstić information content (AvgIpc) is 3.20. The van der Waals surface area contributed by atoms with Crippen LogP contribution in [0.5, 0.6) is 0 Å². The standard InChI is InChI=1S/C18H22ClN5O/c19-13-5-1-2-7-15(13)24-17(11-8-9-11)22-16(23-24)18(25)21-14-6-3-4-12(14)10-20/h1-2,5,7,11-12,14H,3-4,6,8-10,20H2,(H,21,25). The van der Waals surface area contributed by atoms with Crippen LogP contribution in [0.2, 0.25) is 5.02 Å². The van der Waals surface area contributed by atoms with Gasteiger partial charge in [-0.25, -0.2) is 9.67 Å². The summed E-state index contributed by atoms with van der Waals surface area (Å²) < 4.78 is 1.73. The zero-order valence-corrected chi connectivity index (χ0v) is 14.7. The van der Waals surface area contributed by atoms with Crippen LogP contribution in [0.1, 0.15) is 54.5 Å². The molecule has 2 aliphatic rings. The molecule has 0 saturated heterocycles. The van der Waals surface area contributed by atoms with Crippen LogP contribution in [-0.4, -0.2) is 33.3 Å². The van der Waals surface area contributed by atoms with E-state index in [0.29, 0.717) is 23.4 Å². The molecule has 7 heteroatoms. The van der Waals surface area contributed by atoms with E-state index < -0.39 is 0 Å². The van der Waals surface area contributed by atoms with E-state index in [1.165, 1.54) is 0 Å². The Labute approximate surface area is 151 Å². The van der Waals surface area contributed by atoms with E-state index in [-0.39, 0.29) is 17.8 Å². The highest BCUT2D eigenvalue weighted by molar-refractivity contribution is 6.32. The highest BCUT2D eigenvalue weighted by atomic mass is 35.5. The molecular weight excluding hydrogens is 338 g/mol. The number of amides is 1. The molecule has 0 aliphatic heterocycles. The van der Waals surface area contributed by atoms with Crippen molar-refractivity contribution < 1.29 is 4.79 Å². The summed E-state index contributed by atoms with van der Waals surface area (Å²) in [6.45, 7) is 0.597. The summed E-state index contributed by atoms with van der Waals surface area (Å²) in [7, 11) is 0. The van der Waals surface area contributed by atoms with E-state index in [4.69, 9.17) is 17.3 Å². The van der Waals surface area contributed by atoms with Gasteiger partial charge in [0.25, 0.3) is 5.91 Å². The predicted molar refractivity (Wildman–Crippen MR) is 96.0 cm³/mol. The highest BCUT2D eigenvalue weighted by Gasteiger charge is 2.33. The van der Waals surface area contributed by atoms with Gasteiger partial charge in [0, 0.05) is 12.0 Å². The van der Waals surface area contributed by atoms with Crippen molar-refractivity contribution in [2.45, 2.75) is 44.1 Å². The molecule has 0 bridgehead atoms. The van der Waals surface area contributed by atoms with Gasteiger partial charge in [0.2, 0.25) is 5.82 Å². The maximum atomic E-state index is 12.7. The molecule has 2 atom stereocenters. The molecule has 25 heavy (non-hydrogen) atoms. The molecule has 2 aliphatic carbocycles. The summed E-state index contributed by atoms with van der Waals surface area (Å²) in [4.78, 5) is 17.2. The third-order valence-corrected chi connectivity index (χ3v) is 5.46. The predicted octanol–water partition coefficient (Wildman–Crippen LogP) is 2.66. The minimum absolute atomic E-state index is 0.120. The van der Waals surface area contributed by atoms with Crippen LogP contribution in [0, 0.1) is 5.92 Å². The van der Waals surface area contributed by atoms with Gasteiger partial charge in [-0.2, -0.15) is 0 Å². The SMILES string of the molecule is NCC1CCCC1NC(=O)c1nc(C2CC2)n(-c2ccccc2Cl)n1. The molecule has 2 unspecified atom stereocenters. The van der Waals surface area contributed by atoms with Crippen molar-refractivity contribution >= 4 is 17.5 Å². The summed E-state index contributed by atoms with van der Waals surface area (Å²) in [6.07, 6.45) is 5.27. The Balaban J connectivity index is 1.61. The van der Waals surface area contributed by atoms with Gasteiger partial charge in [0.15, 0.2) is 0 Å². The first-order valence-corrected chi connectivity index (χ1v) is 9.28. The molecule has 1 aromatic heterocycles. The monoisotopic (exact) mass is 359 g/mol. The molecule has 2 saturated carbocycles. The van der Waals surface area contributed by atoms with Gasteiger partial charge in [0.1, 0.15) is 5.82 Å². The first kappa shape index (κ1) is 16.5. The van der Waals surface area contributed by atoms with Crippen molar-refractivity contribution in [3.63, 3.8) is 0 Å². The minimum atomic E-state index is -0.224. The Bertz CT molecular complexity index is 786. The molecule has 3 N–H and O–H groups in total. The minimum Gasteiger partial charge on any atom is -0.346 e. The largest absolute Gasteiger partial charge is 0.346 e. The van der Waals surface area contributed by atoms with Gasteiger partial charge in [-0.3, -0.25) is 4.79 Å². The van der Waals surface area contributed by atoms with Crippen molar-refractivity contribution in [2.24, 2.45) is 11.7 Å². The van der Waals surface area contributed by atoms with Crippen LogP contribution >= 0.6 is 11.6 Å². The van der Waals surface area contributed by atoms with Crippen LogP contribution in [0.3, 0.4) is 0 Å². The van der Waals surface area contributed by atoms with E-state index in [1.54, 1.807) is 4.68 Å². The molecule has 1 heterocycles. The molecule has 1 aromatic carbocycles. The van der Waals surface area contributed by atoms with Crippen molar-refractivity contribution in [3.05, 3.63) is 40.9 Å². The zero-order chi connectivity index (χ0) is 17.4. The number of halogens is 1. The normalized spacial score (nSPS) is 23.0. The Morgan fingerprint density at radius 1 is 1.28 bits per heavy atom.